The zero-order valence-electron chi connectivity index (χ0n) is 10.4. The predicted molar refractivity (Wildman–Crippen MR) is 67.2 cm³/mol. The Morgan fingerprint density at radius 3 is 2.47 bits per heavy atom. The standard InChI is InChI=1S/C14H16N2O/c1-4-16-13(5-6-15-16)14(17)12-8-10(2)7-11(3)9-12/h5-9H,4H2,1-3H3. The molecule has 0 aliphatic rings. The first kappa shape index (κ1) is 11.6. The van der Waals surface area contributed by atoms with Gasteiger partial charge in [0.15, 0.2) is 0 Å². The minimum absolute atomic E-state index is 0.0381. The second kappa shape index (κ2) is 4.53. The summed E-state index contributed by atoms with van der Waals surface area (Å²) in [6, 6.07) is 7.67. The van der Waals surface area contributed by atoms with Crippen LogP contribution in [0.4, 0.5) is 0 Å². The quantitative estimate of drug-likeness (QED) is 0.757. The molecule has 0 aliphatic carbocycles. The van der Waals surface area contributed by atoms with Crippen LogP contribution < -0.4 is 0 Å². The van der Waals surface area contributed by atoms with Gasteiger partial charge in [-0.25, -0.2) is 0 Å². The first-order valence-corrected chi connectivity index (χ1v) is 5.76. The van der Waals surface area contributed by atoms with Gasteiger partial charge in [-0.2, -0.15) is 5.10 Å². The van der Waals surface area contributed by atoms with Crippen LogP contribution in [0.5, 0.6) is 0 Å². The molecule has 0 amide bonds. The molecule has 1 aromatic heterocycles. The number of benzene rings is 1. The van der Waals surface area contributed by atoms with Gasteiger partial charge in [0.05, 0.1) is 0 Å². The molecule has 17 heavy (non-hydrogen) atoms. The van der Waals surface area contributed by atoms with Crippen molar-refractivity contribution in [3.05, 3.63) is 52.8 Å². The zero-order valence-corrected chi connectivity index (χ0v) is 10.4. The Bertz CT molecular complexity index is 535. The van der Waals surface area contributed by atoms with E-state index in [0.29, 0.717) is 12.2 Å². The Kier molecular flexibility index (Phi) is 3.09. The predicted octanol–water partition coefficient (Wildman–Crippen LogP) is 2.75. The summed E-state index contributed by atoms with van der Waals surface area (Å²) < 4.78 is 1.72. The number of nitrogens with zero attached hydrogens (tertiary/aromatic N) is 2. The van der Waals surface area contributed by atoms with Crippen molar-refractivity contribution in [3.63, 3.8) is 0 Å². The molecule has 0 atom stereocenters. The van der Waals surface area contributed by atoms with E-state index in [1.54, 1.807) is 16.9 Å². The molecule has 1 heterocycles. The van der Waals surface area contributed by atoms with Gasteiger partial charge in [0.25, 0.3) is 0 Å². The molecule has 0 radical (unpaired) electrons. The number of carbonyl (C=O) groups is 1. The number of carbonyl (C=O) groups excluding carboxylic acids is 1. The number of ketones is 1. The maximum Gasteiger partial charge on any atom is 0.211 e. The second-order valence-electron chi connectivity index (χ2n) is 4.24. The van der Waals surface area contributed by atoms with Crippen LogP contribution in [0, 0.1) is 13.8 Å². The van der Waals surface area contributed by atoms with Gasteiger partial charge >= 0.3 is 0 Å². The van der Waals surface area contributed by atoms with Crippen LogP contribution in [0.2, 0.25) is 0 Å². The minimum Gasteiger partial charge on any atom is -0.287 e. The van der Waals surface area contributed by atoms with Crippen LogP contribution in [0.3, 0.4) is 0 Å². The lowest BCUT2D eigenvalue weighted by Crippen LogP contribution is -2.10. The molecule has 1 aromatic carbocycles. The second-order valence-corrected chi connectivity index (χ2v) is 4.24. The molecule has 3 heteroatoms. The Balaban J connectivity index is 2.43. The third-order valence-electron chi connectivity index (χ3n) is 2.73. The zero-order chi connectivity index (χ0) is 12.4. The van der Waals surface area contributed by atoms with Crippen LogP contribution in [-0.4, -0.2) is 15.6 Å². The average Bonchev–Trinajstić information content (AvgIpc) is 2.74. The smallest absolute Gasteiger partial charge is 0.211 e. The van der Waals surface area contributed by atoms with E-state index in [4.69, 9.17) is 0 Å². The molecule has 0 N–H and O–H groups in total. The molecule has 0 fully saturated rings. The molecular formula is C14H16N2O. The molecule has 2 aromatic rings. The van der Waals surface area contributed by atoms with Crippen LogP contribution in [0.15, 0.2) is 30.5 Å². The molecule has 3 nitrogen and oxygen atoms in total. The van der Waals surface area contributed by atoms with Gasteiger partial charge in [0.1, 0.15) is 5.69 Å². The first-order chi connectivity index (χ1) is 8.11. The monoisotopic (exact) mass is 228 g/mol. The van der Waals surface area contributed by atoms with Crippen molar-refractivity contribution in [1.82, 2.24) is 9.78 Å². The third kappa shape index (κ3) is 2.28. The van der Waals surface area contributed by atoms with Gasteiger partial charge in [-0.15, -0.1) is 0 Å². The largest absolute Gasteiger partial charge is 0.287 e. The Labute approximate surface area is 101 Å². The van der Waals surface area contributed by atoms with Crippen molar-refractivity contribution in [1.29, 1.82) is 0 Å². The van der Waals surface area contributed by atoms with E-state index in [1.165, 1.54) is 0 Å². The summed E-state index contributed by atoms with van der Waals surface area (Å²) in [7, 11) is 0. The van der Waals surface area contributed by atoms with Gasteiger partial charge in [-0.1, -0.05) is 17.2 Å². The topological polar surface area (TPSA) is 34.9 Å². The fourth-order valence-corrected chi connectivity index (χ4v) is 2.03. The molecular weight excluding hydrogens is 212 g/mol. The van der Waals surface area contributed by atoms with Gasteiger partial charge < -0.3 is 0 Å². The normalized spacial score (nSPS) is 10.5. The van der Waals surface area contributed by atoms with Gasteiger partial charge in [-0.05, 0) is 39.0 Å². The van der Waals surface area contributed by atoms with E-state index in [-0.39, 0.29) is 5.78 Å². The SMILES string of the molecule is CCn1nccc1C(=O)c1cc(C)cc(C)c1. The maximum absolute atomic E-state index is 12.3. The van der Waals surface area contributed by atoms with E-state index >= 15 is 0 Å². The third-order valence-corrected chi connectivity index (χ3v) is 2.73. The van der Waals surface area contributed by atoms with Crippen molar-refractivity contribution >= 4 is 5.78 Å². The van der Waals surface area contributed by atoms with E-state index in [0.717, 1.165) is 16.7 Å². The van der Waals surface area contributed by atoms with Crippen LogP contribution in [0.25, 0.3) is 0 Å². The maximum atomic E-state index is 12.3. The number of hydrogen-bond donors (Lipinski definition) is 0. The number of hydrogen-bond acceptors (Lipinski definition) is 2. The van der Waals surface area contributed by atoms with Crippen LogP contribution >= 0.6 is 0 Å². The van der Waals surface area contributed by atoms with E-state index in [2.05, 4.69) is 11.2 Å². The lowest BCUT2D eigenvalue weighted by atomic mass is 10.0. The molecule has 0 aliphatic heterocycles. The van der Waals surface area contributed by atoms with Crippen LogP contribution in [0.1, 0.15) is 34.1 Å². The summed E-state index contributed by atoms with van der Waals surface area (Å²) in [6.07, 6.45) is 1.67. The number of rotatable bonds is 3. The molecule has 0 saturated carbocycles. The van der Waals surface area contributed by atoms with Crippen molar-refractivity contribution < 1.29 is 4.79 Å². The highest BCUT2D eigenvalue weighted by molar-refractivity contribution is 6.08. The lowest BCUT2D eigenvalue weighted by Gasteiger charge is -2.06. The van der Waals surface area contributed by atoms with Crippen molar-refractivity contribution in [3.8, 4) is 0 Å². The number of aromatic nitrogens is 2. The lowest BCUT2D eigenvalue weighted by molar-refractivity contribution is 0.102. The highest BCUT2D eigenvalue weighted by Gasteiger charge is 2.14. The molecule has 2 rings (SSSR count). The Hall–Kier alpha value is -1.90. The van der Waals surface area contributed by atoms with Crippen molar-refractivity contribution in [2.45, 2.75) is 27.3 Å². The summed E-state index contributed by atoms with van der Waals surface area (Å²) in [5, 5.41) is 4.12. The fraction of sp³-hybridized carbons (Fsp3) is 0.286. The Morgan fingerprint density at radius 2 is 1.88 bits per heavy atom. The molecule has 0 saturated heterocycles. The molecule has 88 valence electrons. The van der Waals surface area contributed by atoms with Crippen LogP contribution in [-0.2, 0) is 6.54 Å². The fourth-order valence-electron chi connectivity index (χ4n) is 2.03. The first-order valence-electron chi connectivity index (χ1n) is 5.76. The highest BCUT2D eigenvalue weighted by Crippen LogP contribution is 2.13. The molecule has 0 spiro atoms. The van der Waals surface area contributed by atoms with Crippen molar-refractivity contribution in [2.24, 2.45) is 0 Å². The summed E-state index contributed by atoms with van der Waals surface area (Å²) in [4.78, 5) is 12.3. The van der Waals surface area contributed by atoms with Gasteiger partial charge in [-0.3, -0.25) is 9.48 Å². The average molecular weight is 228 g/mol. The van der Waals surface area contributed by atoms with Crippen molar-refractivity contribution in [2.75, 3.05) is 0 Å². The summed E-state index contributed by atoms with van der Waals surface area (Å²) in [5.74, 6) is 0.0381. The molecule has 0 unspecified atom stereocenters. The van der Waals surface area contributed by atoms with E-state index in [1.807, 2.05) is 32.9 Å². The van der Waals surface area contributed by atoms with E-state index in [9.17, 15) is 4.79 Å². The number of aryl methyl sites for hydroxylation is 3. The minimum atomic E-state index is 0.0381. The van der Waals surface area contributed by atoms with Gasteiger partial charge in [0, 0.05) is 18.3 Å². The summed E-state index contributed by atoms with van der Waals surface area (Å²) in [5.41, 5.74) is 3.60. The summed E-state index contributed by atoms with van der Waals surface area (Å²) >= 11 is 0. The summed E-state index contributed by atoms with van der Waals surface area (Å²) in [6.45, 7) is 6.69. The highest BCUT2D eigenvalue weighted by atomic mass is 16.1. The van der Waals surface area contributed by atoms with Gasteiger partial charge in [0.2, 0.25) is 5.78 Å². The Morgan fingerprint density at radius 1 is 1.24 bits per heavy atom. The molecule has 0 bridgehead atoms. The van der Waals surface area contributed by atoms with E-state index < -0.39 is 0 Å².